The Morgan fingerprint density at radius 1 is 0.895 bits per heavy atom. The molecule has 0 aliphatic carbocycles. The third-order valence-corrected chi connectivity index (χ3v) is 2.86. The van der Waals surface area contributed by atoms with E-state index in [0.29, 0.717) is 5.82 Å². The average Bonchev–Trinajstić information content (AvgIpc) is 2.98. The summed E-state index contributed by atoms with van der Waals surface area (Å²) in [4.78, 5) is 0. The van der Waals surface area contributed by atoms with Crippen LogP contribution in [0.4, 0.5) is 0 Å². The maximum atomic E-state index is 4.07. The van der Waals surface area contributed by atoms with Gasteiger partial charge in [0.15, 0.2) is 5.82 Å². The normalized spacial score (nSPS) is 10.3. The third-order valence-electron chi connectivity index (χ3n) is 2.86. The molecule has 4 heteroatoms. The van der Waals surface area contributed by atoms with Crippen LogP contribution in [0.2, 0.25) is 0 Å². The van der Waals surface area contributed by atoms with Crippen LogP contribution in [0.15, 0.2) is 67.2 Å². The third kappa shape index (κ3) is 2.15. The van der Waals surface area contributed by atoms with E-state index in [1.54, 1.807) is 4.68 Å². The SMILES string of the molecule is C=C(c1ccccc1)n1nnnc1-c1ccccc1. The highest BCUT2D eigenvalue weighted by molar-refractivity contribution is 5.68. The van der Waals surface area contributed by atoms with Gasteiger partial charge >= 0.3 is 0 Å². The Bertz CT molecular complexity index is 686. The first-order valence-electron chi connectivity index (χ1n) is 5.95. The van der Waals surface area contributed by atoms with Crippen LogP contribution in [-0.2, 0) is 0 Å². The highest BCUT2D eigenvalue weighted by Crippen LogP contribution is 2.21. The van der Waals surface area contributed by atoms with E-state index >= 15 is 0 Å². The summed E-state index contributed by atoms with van der Waals surface area (Å²) in [6, 6.07) is 19.7. The van der Waals surface area contributed by atoms with Gasteiger partial charge in [0, 0.05) is 5.56 Å². The molecule has 1 heterocycles. The van der Waals surface area contributed by atoms with E-state index in [0.717, 1.165) is 16.8 Å². The fourth-order valence-corrected chi connectivity index (χ4v) is 1.89. The van der Waals surface area contributed by atoms with Crippen molar-refractivity contribution in [3.8, 4) is 11.4 Å². The number of aromatic nitrogens is 4. The molecule has 3 rings (SSSR count). The zero-order valence-corrected chi connectivity index (χ0v) is 10.3. The molecule has 0 amide bonds. The van der Waals surface area contributed by atoms with Crippen molar-refractivity contribution in [1.29, 1.82) is 0 Å². The van der Waals surface area contributed by atoms with Gasteiger partial charge in [0.25, 0.3) is 0 Å². The van der Waals surface area contributed by atoms with Gasteiger partial charge in [-0.25, -0.2) is 0 Å². The van der Waals surface area contributed by atoms with Gasteiger partial charge in [0.1, 0.15) is 0 Å². The number of rotatable bonds is 3. The molecule has 0 spiro atoms. The number of nitrogens with zero attached hydrogens (tertiary/aromatic N) is 4. The number of hydrogen-bond donors (Lipinski definition) is 0. The van der Waals surface area contributed by atoms with Crippen LogP contribution in [0, 0.1) is 0 Å². The minimum atomic E-state index is 0.689. The number of tetrazole rings is 1. The Balaban J connectivity index is 2.04. The zero-order valence-electron chi connectivity index (χ0n) is 10.3. The molecule has 0 radical (unpaired) electrons. The topological polar surface area (TPSA) is 43.6 Å². The van der Waals surface area contributed by atoms with Crippen molar-refractivity contribution in [3.63, 3.8) is 0 Å². The van der Waals surface area contributed by atoms with Crippen LogP contribution < -0.4 is 0 Å². The smallest absolute Gasteiger partial charge is 0.187 e. The minimum absolute atomic E-state index is 0.689. The van der Waals surface area contributed by atoms with Crippen molar-refractivity contribution in [1.82, 2.24) is 20.2 Å². The molecular formula is C15H12N4. The first-order valence-corrected chi connectivity index (χ1v) is 5.95. The van der Waals surface area contributed by atoms with Crippen molar-refractivity contribution in [2.75, 3.05) is 0 Å². The van der Waals surface area contributed by atoms with Crippen molar-refractivity contribution in [2.45, 2.75) is 0 Å². The van der Waals surface area contributed by atoms with Gasteiger partial charge < -0.3 is 0 Å². The maximum Gasteiger partial charge on any atom is 0.187 e. The van der Waals surface area contributed by atoms with Crippen LogP contribution in [-0.4, -0.2) is 20.2 Å². The molecule has 3 aromatic rings. The quantitative estimate of drug-likeness (QED) is 0.715. The zero-order chi connectivity index (χ0) is 13.1. The number of benzene rings is 2. The fraction of sp³-hybridized carbons (Fsp3) is 0. The van der Waals surface area contributed by atoms with Crippen LogP contribution in [0.5, 0.6) is 0 Å². The van der Waals surface area contributed by atoms with Crippen molar-refractivity contribution in [2.24, 2.45) is 0 Å². The molecule has 0 bridgehead atoms. The maximum absolute atomic E-state index is 4.07. The van der Waals surface area contributed by atoms with Gasteiger partial charge in [-0.15, -0.1) is 5.10 Å². The first-order chi connectivity index (χ1) is 9.36. The van der Waals surface area contributed by atoms with Gasteiger partial charge in [-0.1, -0.05) is 67.2 Å². The Kier molecular flexibility index (Phi) is 2.90. The molecule has 92 valence electrons. The van der Waals surface area contributed by atoms with Gasteiger partial charge in [-0.3, -0.25) is 0 Å². The lowest BCUT2D eigenvalue weighted by molar-refractivity contribution is 0.806. The molecule has 4 nitrogen and oxygen atoms in total. The molecule has 2 aromatic carbocycles. The highest BCUT2D eigenvalue weighted by Gasteiger charge is 2.11. The molecule has 0 aliphatic heterocycles. The summed E-state index contributed by atoms with van der Waals surface area (Å²) < 4.78 is 1.66. The van der Waals surface area contributed by atoms with Crippen molar-refractivity contribution < 1.29 is 0 Å². The fourth-order valence-electron chi connectivity index (χ4n) is 1.89. The van der Waals surface area contributed by atoms with Crippen molar-refractivity contribution in [3.05, 3.63) is 72.8 Å². The van der Waals surface area contributed by atoms with Crippen LogP contribution in [0.1, 0.15) is 5.56 Å². The monoisotopic (exact) mass is 248 g/mol. The average molecular weight is 248 g/mol. The summed E-state index contributed by atoms with van der Waals surface area (Å²) in [6.45, 7) is 4.07. The molecule has 0 saturated carbocycles. The summed E-state index contributed by atoms with van der Waals surface area (Å²) in [6.07, 6.45) is 0. The van der Waals surface area contributed by atoms with Gasteiger partial charge in [0.05, 0.1) is 5.70 Å². The summed E-state index contributed by atoms with van der Waals surface area (Å²) in [5, 5.41) is 11.8. The lowest BCUT2D eigenvalue weighted by atomic mass is 10.1. The van der Waals surface area contributed by atoms with Gasteiger partial charge in [-0.05, 0) is 16.0 Å². The molecule has 19 heavy (non-hydrogen) atoms. The lowest BCUT2D eigenvalue weighted by Gasteiger charge is -2.07. The Morgan fingerprint density at radius 2 is 1.53 bits per heavy atom. The Hall–Kier alpha value is -2.75. The second-order valence-electron chi connectivity index (χ2n) is 4.09. The van der Waals surface area contributed by atoms with E-state index in [4.69, 9.17) is 0 Å². The van der Waals surface area contributed by atoms with E-state index in [2.05, 4.69) is 22.1 Å². The van der Waals surface area contributed by atoms with Crippen LogP contribution >= 0.6 is 0 Å². The van der Waals surface area contributed by atoms with Gasteiger partial charge in [0.2, 0.25) is 0 Å². The minimum Gasteiger partial charge on any atom is -0.193 e. The van der Waals surface area contributed by atoms with Crippen LogP contribution in [0.3, 0.4) is 0 Å². The molecule has 0 aliphatic rings. The summed E-state index contributed by atoms with van der Waals surface area (Å²) in [5.74, 6) is 0.689. The molecule has 0 N–H and O–H groups in total. The summed E-state index contributed by atoms with van der Waals surface area (Å²) >= 11 is 0. The molecule has 0 atom stereocenters. The molecule has 0 unspecified atom stereocenters. The van der Waals surface area contributed by atoms with Gasteiger partial charge in [-0.2, -0.15) is 4.68 Å². The Labute approximate surface area is 111 Å². The van der Waals surface area contributed by atoms with E-state index in [-0.39, 0.29) is 0 Å². The highest BCUT2D eigenvalue weighted by atomic mass is 15.5. The molecule has 0 saturated heterocycles. The second-order valence-corrected chi connectivity index (χ2v) is 4.09. The second kappa shape index (κ2) is 4.86. The van der Waals surface area contributed by atoms with E-state index < -0.39 is 0 Å². The van der Waals surface area contributed by atoms with E-state index in [1.807, 2.05) is 60.7 Å². The molecule has 0 fully saturated rings. The molecular weight excluding hydrogens is 236 g/mol. The van der Waals surface area contributed by atoms with Crippen LogP contribution in [0.25, 0.3) is 17.1 Å². The first kappa shape index (κ1) is 11.3. The van der Waals surface area contributed by atoms with Crippen molar-refractivity contribution >= 4 is 5.70 Å². The summed E-state index contributed by atoms with van der Waals surface area (Å²) in [7, 11) is 0. The number of hydrogen-bond acceptors (Lipinski definition) is 3. The summed E-state index contributed by atoms with van der Waals surface area (Å²) in [5.41, 5.74) is 2.71. The van der Waals surface area contributed by atoms with E-state index in [9.17, 15) is 0 Å². The standard InChI is InChI=1S/C15H12N4/c1-12(13-8-4-2-5-9-13)19-15(16-17-18-19)14-10-6-3-7-11-14/h2-11H,1H2. The predicted molar refractivity (Wildman–Crippen MR) is 74.1 cm³/mol. The van der Waals surface area contributed by atoms with E-state index in [1.165, 1.54) is 0 Å². The lowest BCUT2D eigenvalue weighted by Crippen LogP contribution is -2.02. The largest absolute Gasteiger partial charge is 0.193 e. The molecule has 1 aromatic heterocycles. The Morgan fingerprint density at radius 3 is 2.21 bits per heavy atom. The predicted octanol–water partition coefficient (Wildman–Crippen LogP) is 2.86.